The number of alkyl halides is 3. The third-order valence-electron chi connectivity index (χ3n) is 5.49. The minimum absolute atomic E-state index is 0.130. The van der Waals surface area contributed by atoms with Gasteiger partial charge < -0.3 is 14.2 Å². The highest BCUT2D eigenvalue weighted by Crippen LogP contribution is 2.44. The molecular weight excluding hydrogens is 381 g/mol. The fourth-order valence-corrected chi connectivity index (χ4v) is 4.01. The van der Waals surface area contributed by atoms with Crippen LogP contribution in [0.3, 0.4) is 0 Å². The smallest absolute Gasteiger partial charge is 0.406 e. The quantitative estimate of drug-likeness (QED) is 0.684. The molecule has 0 N–H and O–H groups in total. The second-order valence-corrected chi connectivity index (χ2v) is 7.61. The molecule has 5 nitrogen and oxygen atoms in total. The summed E-state index contributed by atoms with van der Waals surface area (Å²) in [5.41, 5.74) is 1.76. The predicted molar refractivity (Wildman–Crippen MR) is 104 cm³/mol. The minimum atomic E-state index is -4.77. The molecule has 2 heterocycles. The second-order valence-electron chi connectivity index (χ2n) is 7.61. The molecule has 8 heteroatoms. The Labute approximate surface area is 166 Å². The van der Waals surface area contributed by atoms with Crippen LogP contribution in [-0.2, 0) is 0 Å². The number of aromatic nitrogens is 1. The lowest BCUT2D eigenvalue weighted by Crippen LogP contribution is -2.33. The minimum Gasteiger partial charge on any atom is -0.406 e. The van der Waals surface area contributed by atoms with Gasteiger partial charge in [0.05, 0.1) is 16.8 Å². The number of hydrogen-bond acceptors (Lipinski definition) is 4. The second kappa shape index (κ2) is 7.14. The zero-order valence-corrected chi connectivity index (χ0v) is 16.1. The van der Waals surface area contributed by atoms with Crippen LogP contribution in [-0.4, -0.2) is 28.1 Å². The Morgan fingerprint density at radius 3 is 2.62 bits per heavy atom. The van der Waals surface area contributed by atoms with Crippen molar-refractivity contribution in [1.29, 1.82) is 5.26 Å². The first-order chi connectivity index (χ1) is 13.8. The largest absolute Gasteiger partial charge is 0.573 e. The van der Waals surface area contributed by atoms with Gasteiger partial charge in [-0.2, -0.15) is 5.26 Å². The van der Waals surface area contributed by atoms with Crippen LogP contribution in [0.25, 0.3) is 10.9 Å². The van der Waals surface area contributed by atoms with Crippen LogP contribution in [0.1, 0.15) is 56.6 Å². The van der Waals surface area contributed by atoms with Crippen molar-refractivity contribution in [3.05, 3.63) is 41.7 Å². The van der Waals surface area contributed by atoms with E-state index in [4.69, 9.17) is 0 Å². The van der Waals surface area contributed by atoms with Gasteiger partial charge in [0.15, 0.2) is 6.17 Å². The van der Waals surface area contributed by atoms with Gasteiger partial charge in [0, 0.05) is 36.0 Å². The third-order valence-corrected chi connectivity index (χ3v) is 5.49. The molecule has 0 amide bonds. The van der Waals surface area contributed by atoms with Crippen LogP contribution in [0.4, 0.5) is 13.2 Å². The van der Waals surface area contributed by atoms with E-state index in [0.29, 0.717) is 16.5 Å². The number of aliphatic imine (C=N–C) groups is 1. The summed E-state index contributed by atoms with van der Waals surface area (Å²) in [5.74, 6) is -0.285. The van der Waals surface area contributed by atoms with Crippen molar-refractivity contribution in [3.8, 4) is 11.8 Å². The topological polar surface area (TPSA) is 53.6 Å². The van der Waals surface area contributed by atoms with Crippen LogP contribution < -0.4 is 4.74 Å². The summed E-state index contributed by atoms with van der Waals surface area (Å²) >= 11 is 0. The van der Waals surface area contributed by atoms with Gasteiger partial charge in [-0.1, -0.05) is 0 Å². The molecule has 1 aromatic carbocycles. The summed E-state index contributed by atoms with van der Waals surface area (Å²) in [6.45, 7) is 4.08. The van der Waals surface area contributed by atoms with Gasteiger partial charge >= 0.3 is 6.36 Å². The van der Waals surface area contributed by atoms with Crippen molar-refractivity contribution < 1.29 is 17.9 Å². The summed E-state index contributed by atoms with van der Waals surface area (Å²) in [6.07, 6.45) is 3.18. The lowest BCUT2D eigenvalue weighted by molar-refractivity contribution is -0.274. The van der Waals surface area contributed by atoms with Gasteiger partial charge in [0.1, 0.15) is 11.8 Å². The summed E-state index contributed by atoms with van der Waals surface area (Å²) in [6, 6.07) is 6.72. The first kappa shape index (κ1) is 19.4. The number of fused-ring (bicyclic) bond motifs is 1. The molecule has 1 fully saturated rings. The molecule has 0 saturated heterocycles. The number of hydrogen-bond donors (Lipinski definition) is 0. The zero-order chi connectivity index (χ0) is 20.8. The van der Waals surface area contributed by atoms with Crippen molar-refractivity contribution in [3.63, 3.8) is 0 Å². The monoisotopic (exact) mass is 402 g/mol. The predicted octanol–water partition coefficient (Wildman–Crippen LogP) is 5.44. The highest BCUT2D eigenvalue weighted by molar-refractivity contribution is 5.90. The van der Waals surface area contributed by atoms with Gasteiger partial charge in [0.25, 0.3) is 0 Å². The molecule has 0 radical (unpaired) electrons. The van der Waals surface area contributed by atoms with Crippen molar-refractivity contribution in [1.82, 2.24) is 9.47 Å². The standard InChI is InChI=1S/C21H21F3N4O/c1-13(2)27-10-4-9-26-20(27)19-17(12-25)16-8-7-15(29-21(22,23)24)11-18(16)28(19)14-5-3-6-14/h4,7-11,13-14,20H,3,5-6H2,1-2H3. The lowest BCUT2D eigenvalue weighted by atomic mass is 9.92. The fourth-order valence-electron chi connectivity index (χ4n) is 4.01. The van der Waals surface area contributed by atoms with Crippen LogP contribution in [0, 0.1) is 11.3 Å². The SMILES string of the molecule is CC(C)N1C=CC=NC1c1c(C#N)c2ccc(OC(F)(F)F)cc2n1C1CCC1. The number of nitriles is 1. The van der Waals surface area contributed by atoms with Crippen molar-refractivity contribution in [2.24, 2.45) is 4.99 Å². The number of ether oxygens (including phenoxy) is 1. The Hall–Kier alpha value is -2.95. The average molecular weight is 402 g/mol. The molecule has 0 bridgehead atoms. The summed E-state index contributed by atoms with van der Waals surface area (Å²) in [7, 11) is 0. The highest BCUT2D eigenvalue weighted by Gasteiger charge is 2.35. The summed E-state index contributed by atoms with van der Waals surface area (Å²) in [5, 5.41) is 10.6. The molecule has 29 heavy (non-hydrogen) atoms. The molecule has 2 aliphatic rings. The van der Waals surface area contributed by atoms with E-state index in [-0.39, 0.29) is 17.8 Å². The fraction of sp³-hybridized carbons (Fsp3) is 0.429. The van der Waals surface area contributed by atoms with E-state index in [9.17, 15) is 18.4 Å². The number of halogens is 3. The number of benzene rings is 1. The molecule has 1 aliphatic carbocycles. The first-order valence-electron chi connectivity index (χ1n) is 9.61. The Morgan fingerprint density at radius 1 is 1.28 bits per heavy atom. The molecule has 1 aromatic heterocycles. The zero-order valence-electron chi connectivity index (χ0n) is 16.1. The molecule has 2 aromatic rings. The van der Waals surface area contributed by atoms with Crippen LogP contribution in [0.2, 0.25) is 0 Å². The van der Waals surface area contributed by atoms with E-state index >= 15 is 0 Å². The van der Waals surface area contributed by atoms with E-state index in [1.54, 1.807) is 6.21 Å². The number of rotatable bonds is 4. The van der Waals surface area contributed by atoms with Crippen molar-refractivity contribution in [2.45, 2.75) is 57.7 Å². The van der Waals surface area contributed by atoms with Crippen LogP contribution in [0.15, 0.2) is 35.5 Å². The van der Waals surface area contributed by atoms with Gasteiger partial charge in [-0.15, -0.1) is 13.2 Å². The number of nitrogens with zero attached hydrogens (tertiary/aromatic N) is 4. The molecule has 1 aliphatic heterocycles. The average Bonchev–Trinajstić information content (AvgIpc) is 2.92. The normalized spacial score (nSPS) is 19.6. The molecule has 1 saturated carbocycles. The summed E-state index contributed by atoms with van der Waals surface area (Å²) in [4.78, 5) is 6.67. The Bertz CT molecular complexity index is 1030. The van der Waals surface area contributed by atoms with Gasteiger partial charge in [-0.25, -0.2) is 0 Å². The number of allylic oxidation sites excluding steroid dienone is 1. The molecule has 1 atom stereocenters. The van der Waals surface area contributed by atoms with Crippen LogP contribution >= 0.6 is 0 Å². The van der Waals surface area contributed by atoms with E-state index in [2.05, 4.69) is 20.7 Å². The van der Waals surface area contributed by atoms with E-state index in [1.807, 2.05) is 30.7 Å². The molecule has 1 unspecified atom stereocenters. The van der Waals surface area contributed by atoms with Gasteiger partial charge in [-0.05, 0) is 51.3 Å². The highest BCUT2D eigenvalue weighted by atomic mass is 19.4. The first-order valence-corrected chi connectivity index (χ1v) is 9.61. The molecule has 4 rings (SSSR count). The Balaban J connectivity index is 1.94. The van der Waals surface area contributed by atoms with Gasteiger partial charge in [0.2, 0.25) is 0 Å². The van der Waals surface area contributed by atoms with Crippen molar-refractivity contribution in [2.75, 3.05) is 0 Å². The maximum Gasteiger partial charge on any atom is 0.573 e. The van der Waals surface area contributed by atoms with E-state index < -0.39 is 12.5 Å². The van der Waals surface area contributed by atoms with E-state index in [1.165, 1.54) is 18.2 Å². The molecular formula is C21H21F3N4O. The van der Waals surface area contributed by atoms with Crippen molar-refractivity contribution >= 4 is 17.1 Å². The van der Waals surface area contributed by atoms with Gasteiger partial charge in [-0.3, -0.25) is 4.99 Å². The van der Waals surface area contributed by atoms with Crippen LogP contribution in [0.5, 0.6) is 5.75 Å². The maximum atomic E-state index is 12.7. The summed E-state index contributed by atoms with van der Waals surface area (Å²) < 4.78 is 44.4. The molecule has 152 valence electrons. The Kier molecular flexibility index (Phi) is 4.77. The third kappa shape index (κ3) is 3.46. The molecule has 0 spiro atoms. The van der Waals surface area contributed by atoms with E-state index in [0.717, 1.165) is 25.0 Å². The Morgan fingerprint density at radius 2 is 2.03 bits per heavy atom. The lowest BCUT2D eigenvalue weighted by Gasteiger charge is -2.37. The maximum absolute atomic E-state index is 12.7.